The topological polar surface area (TPSA) is 35.5 Å². The summed E-state index contributed by atoms with van der Waals surface area (Å²) in [5, 5.41) is 0. The summed E-state index contributed by atoms with van der Waals surface area (Å²) in [6, 6.07) is 0. The zero-order valence-corrected chi connectivity index (χ0v) is 8.96. The van der Waals surface area contributed by atoms with Crippen LogP contribution in [0.1, 0.15) is 19.8 Å². The normalized spacial score (nSPS) is 31.2. The van der Waals surface area contributed by atoms with E-state index in [1.807, 2.05) is 0 Å². The maximum Gasteiger partial charge on any atom is 0.337 e. The highest BCUT2D eigenvalue weighted by molar-refractivity contribution is 9.11. The van der Waals surface area contributed by atoms with Crippen molar-refractivity contribution >= 4 is 21.9 Å². The van der Waals surface area contributed by atoms with Crippen LogP contribution >= 0.6 is 15.9 Å². The van der Waals surface area contributed by atoms with Crippen molar-refractivity contribution in [3.05, 3.63) is 10.1 Å². The Labute approximate surface area is 85.2 Å². The molecule has 0 aliphatic carbocycles. The Morgan fingerprint density at radius 3 is 2.85 bits per heavy atom. The predicted molar refractivity (Wildman–Crippen MR) is 50.5 cm³/mol. The van der Waals surface area contributed by atoms with E-state index in [1.54, 1.807) is 6.92 Å². The monoisotopic (exact) mass is 246 g/mol. The number of halogens is 1. The highest BCUT2D eigenvalue weighted by Gasteiger charge is 2.42. The molecular weight excluding hydrogens is 236 g/mol. The first-order chi connectivity index (χ1) is 6.24. The van der Waals surface area contributed by atoms with Crippen LogP contribution in [-0.2, 0) is 14.3 Å². The standard InChI is InChI=1S/C9H11BrO3/c1-2-12-9(11)7-5-3-4-6(13-5)8(7)10/h5-6H,2-4H2,1H3/t5-,6-/m1/s1. The summed E-state index contributed by atoms with van der Waals surface area (Å²) in [5.41, 5.74) is 0.693. The summed E-state index contributed by atoms with van der Waals surface area (Å²) < 4.78 is 11.4. The maximum absolute atomic E-state index is 11.5. The third-order valence-corrected chi connectivity index (χ3v) is 3.31. The van der Waals surface area contributed by atoms with E-state index in [0.29, 0.717) is 12.2 Å². The molecule has 2 rings (SSSR count). The third kappa shape index (κ3) is 1.42. The Morgan fingerprint density at radius 2 is 2.31 bits per heavy atom. The minimum Gasteiger partial charge on any atom is -0.463 e. The molecule has 0 unspecified atom stereocenters. The average Bonchev–Trinajstić information content (AvgIpc) is 2.63. The van der Waals surface area contributed by atoms with Gasteiger partial charge in [0, 0.05) is 4.48 Å². The Kier molecular flexibility index (Phi) is 2.43. The van der Waals surface area contributed by atoms with E-state index in [-0.39, 0.29) is 18.2 Å². The zero-order chi connectivity index (χ0) is 9.42. The van der Waals surface area contributed by atoms with Gasteiger partial charge >= 0.3 is 5.97 Å². The third-order valence-electron chi connectivity index (χ3n) is 2.38. The number of ether oxygens (including phenoxy) is 2. The molecule has 13 heavy (non-hydrogen) atoms. The van der Waals surface area contributed by atoms with E-state index in [2.05, 4.69) is 15.9 Å². The Balaban J connectivity index is 2.18. The summed E-state index contributed by atoms with van der Waals surface area (Å²) in [7, 11) is 0. The smallest absolute Gasteiger partial charge is 0.337 e. The summed E-state index contributed by atoms with van der Waals surface area (Å²) >= 11 is 3.39. The van der Waals surface area contributed by atoms with Crippen molar-refractivity contribution in [1.29, 1.82) is 0 Å². The molecule has 0 aromatic carbocycles. The molecule has 0 N–H and O–H groups in total. The Bertz CT molecular complexity index is 272. The van der Waals surface area contributed by atoms with Crippen molar-refractivity contribution in [2.24, 2.45) is 0 Å². The minimum atomic E-state index is -0.235. The molecule has 2 aliphatic heterocycles. The van der Waals surface area contributed by atoms with E-state index in [1.165, 1.54) is 0 Å². The predicted octanol–water partition coefficient (Wildman–Crippen LogP) is 1.76. The lowest BCUT2D eigenvalue weighted by atomic mass is 10.00. The van der Waals surface area contributed by atoms with Crippen molar-refractivity contribution in [2.75, 3.05) is 6.61 Å². The van der Waals surface area contributed by atoms with Crippen molar-refractivity contribution in [1.82, 2.24) is 0 Å². The summed E-state index contributed by atoms with van der Waals surface area (Å²) in [6.07, 6.45) is 2.02. The van der Waals surface area contributed by atoms with E-state index >= 15 is 0 Å². The molecule has 2 atom stereocenters. The molecule has 1 fully saturated rings. The van der Waals surface area contributed by atoms with Gasteiger partial charge in [0.2, 0.25) is 0 Å². The molecule has 3 nitrogen and oxygen atoms in total. The van der Waals surface area contributed by atoms with Crippen LogP contribution in [0.25, 0.3) is 0 Å². The Hall–Kier alpha value is -0.350. The van der Waals surface area contributed by atoms with Crippen molar-refractivity contribution in [2.45, 2.75) is 32.0 Å². The number of hydrogen-bond acceptors (Lipinski definition) is 3. The molecule has 2 heterocycles. The molecule has 0 radical (unpaired) electrons. The number of hydrogen-bond donors (Lipinski definition) is 0. The van der Waals surface area contributed by atoms with Crippen LogP contribution < -0.4 is 0 Å². The molecule has 0 spiro atoms. The fourth-order valence-electron chi connectivity index (χ4n) is 1.80. The van der Waals surface area contributed by atoms with Crippen LogP contribution in [0.15, 0.2) is 10.1 Å². The average molecular weight is 247 g/mol. The van der Waals surface area contributed by atoms with Crippen molar-refractivity contribution < 1.29 is 14.3 Å². The lowest BCUT2D eigenvalue weighted by molar-refractivity contribution is -0.139. The fourth-order valence-corrected chi connectivity index (χ4v) is 2.56. The second-order valence-corrected chi connectivity index (χ2v) is 4.03. The van der Waals surface area contributed by atoms with Crippen LogP contribution in [0.4, 0.5) is 0 Å². The second kappa shape index (κ2) is 3.42. The van der Waals surface area contributed by atoms with Gasteiger partial charge in [-0.3, -0.25) is 0 Å². The number of esters is 1. The van der Waals surface area contributed by atoms with Gasteiger partial charge in [0.15, 0.2) is 0 Å². The van der Waals surface area contributed by atoms with Gasteiger partial charge in [0.25, 0.3) is 0 Å². The van der Waals surface area contributed by atoms with Gasteiger partial charge in [-0.05, 0) is 19.8 Å². The van der Waals surface area contributed by atoms with Crippen LogP contribution in [0.2, 0.25) is 0 Å². The molecule has 2 bridgehead atoms. The van der Waals surface area contributed by atoms with E-state index < -0.39 is 0 Å². The lowest BCUT2D eigenvalue weighted by Crippen LogP contribution is -2.18. The van der Waals surface area contributed by atoms with Gasteiger partial charge in [0.05, 0.1) is 24.4 Å². The van der Waals surface area contributed by atoms with Crippen molar-refractivity contribution in [3.63, 3.8) is 0 Å². The number of carbonyl (C=O) groups is 1. The van der Waals surface area contributed by atoms with Gasteiger partial charge in [-0.1, -0.05) is 15.9 Å². The Morgan fingerprint density at radius 1 is 1.62 bits per heavy atom. The quantitative estimate of drug-likeness (QED) is 0.697. The van der Waals surface area contributed by atoms with Crippen LogP contribution in [0.3, 0.4) is 0 Å². The van der Waals surface area contributed by atoms with E-state index in [0.717, 1.165) is 17.3 Å². The molecule has 0 saturated carbocycles. The maximum atomic E-state index is 11.5. The molecule has 0 aromatic heterocycles. The fraction of sp³-hybridized carbons (Fsp3) is 0.667. The first kappa shape index (κ1) is 9.21. The van der Waals surface area contributed by atoms with E-state index in [4.69, 9.17) is 9.47 Å². The molecule has 0 amide bonds. The zero-order valence-electron chi connectivity index (χ0n) is 7.38. The highest BCUT2D eigenvalue weighted by atomic mass is 79.9. The molecule has 0 aromatic rings. The molecule has 1 saturated heterocycles. The van der Waals surface area contributed by atoms with Gasteiger partial charge in [0.1, 0.15) is 0 Å². The lowest BCUT2D eigenvalue weighted by Gasteiger charge is -2.10. The van der Waals surface area contributed by atoms with Gasteiger partial charge in [-0.25, -0.2) is 4.79 Å². The summed E-state index contributed by atoms with van der Waals surface area (Å²) in [6.45, 7) is 2.22. The summed E-state index contributed by atoms with van der Waals surface area (Å²) in [5.74, 6) is -0.235. The molecular formula is C9H11BrO3. The first-order valence-electron chi connectivity index (χ1n) is 4.46. The van der Waals surface area contributed by atoms with Gasteiger partial charge in [-0.2, -0.15) is 0 Å². The van der Waals surface area contributed by atoms with Crippen LogP contribution in [0, 0.1) is 0 Å². The first-order valence-corrected chi connectivity index (χ1v) is 5.25. The van der Waals surface area contributed by atoms with Crippen molar-refractivity contribution in [3.8, 4) is 0 Å². The largest absolute Gasteiger partial charge is 0.463 e. The molecule has 4 heteroatoms. The molecule has 72 valence electrons. The SMILES string of the molecule is CCOC(=O)C1=C(Br)[C@H]2CC[C@H]1O2. The minimum absolute atomic E-state index is 0.0292. The number of rotatable bonds is 2. The second-order valence-electron chi connectivity index (χ2n) is 3.17. The number of fused-ring (bicyclic) bond motifs is 2. The van der Waals surface area contributed by atoms with E-state index in [9.17, 15) is 4.79 Å². The van der Waals surface area contributed by atoms with Crippen LogP contribution in [0.5, 0.6) is 0 Å². The van der Waals surface area contributed by atoms with Crippen LogP contribution in [-0.4, -0.2) is 24.8 Å². The molecule has 2 aliphatic rings. The van der Waals surface area contributed by atoms with Gasteiger partial charge < -0.3 is 9.47 Å². The number of carbonyl (C=O) groups excluding carboxylic acids is 1. The highest BCUT2D eigenvalue weighted by Crippen LogP contribution is 2.42. The van der Waals surface area contributed by atoms with Gasteiger partial charge in [-0.15, -0.1) is 0 Å². The summed E-state index contributed by atoms with van der Waals surface area (Å²) in [4.78, 5) is 11.5.